The zero-order valence-corrected chi connectivity index (χ0v) is 12.2. The summed E-state index contributed by atoms with van der Waals surface area (Å²) in [6, 6.07) is 11.6. The lowest BCUT2D eigenvalue weighted by atomic mass is 10.1. The second-order valence-corrected chi connectivity index (χ2v) is 4.61. The van der Waals surface area contributed by atoms with Crippen LogP contribution in [-0.4, -0.2) is 16.9 Å². The van der Waals surface area contributed by atoms with Crippen molar-refractivity contribution in [1.82, 2.24) is 0 Å². The van der Waals surface area contributed by atoms with Gasteiger partial charge in [0.1, 0.15) is 0 Å². The lowest BCUT2D eigenvalue weighted by molar-refractivity contribution is -0.385. The molecule has 7 heteroatoms. The highest BCUT2D eigenvalue weighted by molar-refractivity contribution is 6.04. The topological polar surface area (TPSA) is 110 Å². The molecule has 0 N–H and O–H groups in total. The predicted molar refractivity (Wildman–Crippen MR) is 80.9 cm³/mol. The Labute approximate surface area is 136 Å². The summed E-state index contributed by atoms with van der Waals surface area (Å²) >= 11 is 0. The Morgan fingerprint density at radius 1 is 1.12 bits per heavy atom. The zero-order valence-electron chi connectivity index (χ0n) is 12.2. The van der Waals surface area contributed by atoms with Gasteiger partial charge >= 0.3 is 5.97 Å². The van der Waals surface area contributed by atoms with Crippen molar-refractivity contribution in [2.45, 2.75) is 6.10 Å². The Hall–Kier alpha value is -3.66. The molecule has 0 saturated heterocycles. The molecule has 0 amide bonds. The Morgan fingerprint density at radius 2 is 1.79 bits per heavy atom. The highest BCUT2D eigenvalue weighted by atomic mass is 16.6. The Kier molecular flexibility index (Phi) is 4.92. The number of hydrogen-bond acceptors (Lipinski definition) is 6. The fourth-order valence-corrected chi connectivity index (χ4v) is 2.07. The van der Waals surface area contributed by atoms with Crippen molar-refractivity contribution in [1.29, 1.82) is 0 Å². The number of carboxylic acids is 1. The van der Waals surface area contributed by atoms with Crippen molar-refractivity contribution in [2.24, 2.45) is 0 Å². The summed E-state index contributed by atoms with van der Waals surface area (Å²) in [6.07, 6.45) is 4.28. The quantitative estimate of drug-likeness (QED) is 0.357. The standard InChI is InChI=1S/C17H11NO6/c1-2-14(11-7-4-3-5-8-11)24-17(21)12-9-6-10-13(18(22)23)15(12)16(19)20/h1,3-10,14H,(H,19,20)/p-1. The van der Waals surface area contributed by atoms with Crippen LogP contribution in [0.15, 0.2) is 48.5 Å². The number of nitrogens with zero attached hydrogens (tertiary/aromatic N) is 1. The van der Waals surface area contributed by atoms with E-state index in [4.69, 9.17) is 11.2 Å². The van der Waals surface area contributed by atoms with Crippen LogP contribution in [0, 0.1) is 22.5 Å². The van der Waals surface area contributed by atoms with Gasteiger partial charge in [0.2, 0.25) is 0 Å². The van der Waals surface area contributed by atoms with Crippen LogP contribution in [-0.2, 0) is 4.74 Å². The SMILES string of the molecule is C#CC(OC(=O)c1cccc([N+](=O)[O-])c1C(=O)[O-])c1ccccc1. The van der Waals surface area contributed by atoms with Crippen LogP contribution in [0.1, 0.15) is 32.4 Å². The van der Waals surface area contributed by atoms with Crippen molar-refractivity contribution < 1.29 is 24.4 Å². The van der Waals surface area contributed by atoms with E-state index in [1.807, 2.05) is 0 Å². The van der Waals surface area contributed by atoms with Gasteiger partial charge in [0.05, 0.1) is 22.0 Å². The molecule has 0 radical (unpaired) electrons. The van der Waals surface area contributed by atoms with Crippen LogP contribution in [0.25, 0.3) is 0 Å². The molecule has 0 bridgehead atoms. The molecule has 0 fully saturated rings. The predicted octanol–water partition coefficient (Wildman–Crippen LogP) is 1.49. The molecular weight excluding hydrogens is 314 g/mol. The number of rotatable bonds is 5. The van der Waals surface area contributed by atoms with E-state index in [1.54, 1.807) is 30.3 Å². The first-order valence-corrected chi connectivity index (χ1v) is 6.66. The van der Waals surface area contributed by atoms with E-state index in [-0.39, 0.29) is 0 Å². The van der Waals surface area contributed by atoms with Crippen LogP contribution in [0.3, 0.4) is 0 Å². The molecule has 120 valence electrons. The number of aromatic carboxylic acids is 1. The van der Waals surface area contributed by atoms with Crippen LogP contribution < -0.4 is 5.11 Å². The molecule has 0 aliphatic carbocycles. The summed E-state index contributed by atoms with van der Waals surface area (Å²) in [5, 5.41) is 22.1. The van der Waals surface area contributed by atoms with Gasteiger partial charge in [-0.3, -0.25) is 10.1 Å². The Bertz CT molecular complexity index is 838. The highest BCUT2D eigenvalue weighted by Crippen LogP contribution is 2.25. The maximum absolute atomic E-state index is 12.3. The van der Waals surface area contributed by atoms with E-state index in [9.17, 15) is 24.8 Å². The minimum absolute atomic E-state index is 0.500. The normalized spacial score (nSPS) is 11.1. The minimum Gasteiger partial charge on any atom is -0.545 e. The zero-order chi connectivity index (χ0) is 17.7. The number of carboxylic acid groups (broad SMARTS) is 1. The third-order valence-electron chi connectivity index (χ3n) is 3.14. The molecule has 0 aliphatic rings. The second kappa shape index (κ2) is 7.07. The summed E-state index contributed by atoms with van der Waals surface area (Å²) in [5.74, 6) is -0.683. The van der Waals surface area contributed by atoms with E-state index >= 15 is 0 Å². The van der Waals surface area contributed by atoms with E-state index in [0.717, 1.165) is 12.1 Å². The summed E-state index contributed by atoms with van der Waals surface area (Å²) < 4.78 is 5.11. The van der Waals surface area contributed by atoms with Gasteiger partial charge in [-0.25, -0.2) is 4.79 Å². The number of nitro groups is 1. The fraction of sp³-hybridized carbons (Fsp3) is 0.0588. The number of carbonyl (C=O) groups excluding carboxylic acids is 2. The smallest absolute Gasteiger partial charge is 0.340 e. The monoisotopic (exact) mass is 324 g/mol. The number of nitro benzene ring substituents is 1. The molecule has 7 nitrogen and oxygen atoms in total. The van der Waals surface area contributed by atoms with Crippen molar-refractivity contribution in [3.8, 4) is 12.3 Å². The number of terminal acetylenes is 1. The molecule has 0 saturated carbocycles. The van der Waals surface area contributed by atoms with Gasteiger partial charge in [-0.15, -0.1) is 6.42 Å². The van der Waals surface area contributed by atoms with Gasteiger partial charge in [0, 0.05) is 11.6 Å². The maximum Gasteiger partial charge on any atom is 0.340 e. The molecule has 2 rings (SSSR count). The van der Waals surface area contributed by atoms with Crippen molar-refractivity contribution in [3.05, 3.63) is 75.3 Å². The van der Waals surface area contributed by atoms with Crippen LogP contribution in [0.4, 0.5) is 5.69 Å². The summed E-state index contributed by atoms with van der Waals surface area (Å²) in [5.41, 5.74) is -1.60. The van der Waals surface area contributed by atoms with Crippen molar-refractivity contribution in [2.75, 3.05) is 0 Å². The summed E-state index contributed by atoms with van der Waals surface area (Å²) in [4.78, 5) is 33.5. The van der Waals surface area contributed by atoms with E-state index in [1.165, 1.54) is 6.07 Å². The minimum atomic E-state index is -1.86. The third kappa shape index (κ3) is 3.39. The van der Waals surface area contributed by atoms with E-state index in [0.29, 0.717) is 5.56 Å². The number of benzene rings is 2. The molecule has 24 heavy (non-hydrogen) atoms. The van der Waals surface area contributed by atoms with Crippen LogP contribution in [0.2, 0.25) is 0 Å². The van der Waals surface area contributed by atoms with Crippen LogP contribution >= 0.6 is 0 Å². The average Bonchev–Trinajstić information content (AvgIpc) is 2.59. The molecule has 1 unspecified atom stereocenters. The van der Waals surface area contributed by atoms with E-state index < -0.39 is 39.8 Å². The number of carbonyl (C=O) groups is 2. The molecular formula is C17H10NO6-. The molecule has 0 aromatic heterocycles. The second-order valence-electron chi connectivity index (χ2n) is 4.61. The molecule has 2 aromatic rings. The maximum atomic E-state index is 12.3. The molecule has 1 atom stereocenters. The van der Waals surface area contributed by atoms with Gasteiger partial charge in [-0.2, -0.15) is 0 Å². The van der Waals surface area contributed by atoms with Gasteiger partial charge in [-0.1, -0.05) is 42.3 Å². The molecule has 0 aliphatic heterocycles. The number of ether oxygens (including phenoxy) is 1. The Balaban J connectivity index is 2.40. The van der Waals surface area contributed by atoms with E-state index in [2.05, 4.69) is 5.92 Å². The van der Waals surface area contributed by atoms with Gasteiger partial charge < -0.3 is 14.6 Å². The van der Waals surface area contributed by atoms with Gasteiger partial charge in [0.15, 0.2) is 6.10 Å². The first kappa shape index (κ1) is 16.7. The summed E-state index contributed by atoms with van der Waals surface area (Å²) in [7, 11) is 0. The fourth-order valence-electron chi connectivity index (χ4n) is 2.07. The molecule has 0 heterocycles. The number of hydrogen-bond donors (Lipinski definition) is 0. The molecule has 0 spiro atoms. The van der Waals surface area contributed by atoms with Gasteiger partial charge in [0.25, 0.3) is 5.69 Å². The largest absolute Gasteiger partial charge is 0.545 e. The van der Waals surface area contributed by atoms with Crippen LogP contribution in [0.5, 0.6) is 0 Å². The number of esters is 1. The first-order chi connectivity index (χ1) is 11.5. The first-order valence-electron chi connectivity index (χ1n) is 6.66. The highest BCUT2D eigenvalue weighted by Gasteiger charge is 2.25. The third-order valence-corrected chi connectivity index (χ3v) is 3.14. The Morgan fingerprint density at radius 3 is 2.33 bits per heavy atom. The molecule has 2 aromatic carbocycles. The summed E-state index contributed by atoms with van der Waals surface area (Å²) in [6.45, 7) is 0. The van der Waals surface area contributed by atoms with Crippen molar-refractivity contribution in [3.63, 3.8) is 0 Å². The average molecular weight is 324 g/mol. The lowest BCUT2D eigenvalue weighted by Crippen LogP contribution is -2.27. The lowest BCUT2D eigenvalue weighted by Gasteiger charge is -2.15. The van der Waals surface area contributed by atoms with Gasteiger partial charge in [-0.05, 0) is 6.07 Å². The van der Waals surface area contributed by atoms with Crippen molar-refractivity contribution >= 4 is 17.6 Å².